The standard InChI is InChI=1S/C20H19N5O5S2/c1-13(14-4-2-5-15(10-14)30-12-18(21)26)23-24-20(27)16-7-8-22-11-17(16)25-32(28,29)19-6-3-9-31-19/h2-11,25H,12H2,1H3,(H2,21,26)(H,24,27)/b23-13-. The van der Waals surface area contributed by atoms with Crippen molar-refractivity contribution < 1.29 is 22.7 Å². The number of rotatable bonds is 9. The summed E-state index contributed by atoms with van der Waals surface area (Å²) < 4.78 is 32.7. The van der Waals surface area contributed by atoms with Gasteiger partial charge in [-0.15, -0.1) is 11.3 Å². The maximum atomic E-state index is 12.7. The van der Waals surface area contributed by atoms with Crippen LogP contribution in [0.15, 0.2) is 69.5 Å². The number of aromatic nitrogens is 1. The summed E-state index contributed by atoms with van der Waals surface area (Å²) in [4.78, 5) is 27.4. The van der Waals surface area contributed by atoms with Gasteiger partial charge in [0.2, 0.25) is 0 Å². The van der Waals surface area contributed by atoms with Gasteiger partial charge in [-0.2, -0.15) is 5.10 Å². The molecule has 32 heavy (non-hydrogen) atoms. The molecule has 0 saturated carbocycles. The molecule has 0 saturated heterocycles. The first kappa shape index (κ1) is 22.9. The molecule has 0 aliphatic carbocycles. The van der Waals surface area contributed by atoms with E-state index in [1.54, 1.807) is 42.6 Å². The number of hydrogen-bond acceptors (Lipinski definition) is 8. The molecule has 0 unspecified atom stereocenters. The van der Waals surface area contributed by atoms with Gasteiger partial charge >= 0.3 is 0 Å². The molecule has 0 atom stereocenters. The monoisotopic (exact) mass is 473 g/mol. The lowest BCUT2D eigenvalue weighted by Crippen LogP contribution is -2.22. The highest BCUT2D eigenvalue weighted by molar-refractivity contribution is 7.94. The molecule has 3 aromatic rings. The number of carbonyl (C=O) groups is 2. The topological polar surface area (TPSA) is 153 Å². The van der Waals surface area contributed by atoms with Crippen molar-refractivity contribution in [2.75, 3.05) is 11.3 Å². The Labute approximate surface area is 188 Å². The highest BCUT2D eigenvalue weighted by Crippen LogP contribution is 2.22. The molecule has 0 aliphatic heterocycles. The van der Waals surface area contributed by atoms with Crippen LogP contribution in [-0.2, 0) is 14.8 Å². The third-order valence-electron chi connectivity index (χ3n) is 4.03. The number of primary amides is 1. The van der Waals surface area contributed by atoms with Gasteiger partial charge < -0.3 is 10.5 Å². The molecule has 10 nitrogen and oxygen atoms in total. The first-order valence-electron chi connectivity index (χ1n) is 9.13. The number of nitrogens with two attached hydrogens (primary N) is 1. The molecule has 2 aromatic heterocycles. The smallest absolute Gasteiger partial charge is 0.273 e. The third kappa shape index (κ3) is 5.89. The molecular weight excluding hydrogens is 454 g/mol. The van der Waals surface area contributed by atoms with Gasteiger partial charge in [0, 0.05) is 11.8 Å². The van der Waals surface area contributed by atoms with Crippen LogP contribution in [0.5, 0.6) is 5.75 Å². The molecule has 2 amide bonds. The molecule has 1 aromatic carbocycles. The number of hydrogen-bond donors (Lipinski definition) is 3. The molecule has 3 rings (SSSR count). The number of amides is 2. The molecule has 12 heteroatoms. The molecule has 2 heterocycles. The van der Waals surface area contributed by atoms with E-state index >= 15 is 0 Å². The van der Waals surface area contributed by atoms with Crippen LogP contribution in [0.4, 0.5) is 5.69 Å². The number of thiophene rings is 1. The molecule has 0 fully saturated rings. The Morgan fingerprint density at radius 1 is 1.22 bits per heavy atom. The number of benzene rings is 1. The largest absolute Gasteiger partial charge is 0.484 e. The zero-order chi connectivity index (χ0) is 23.1. The lowest BCUT2D eigenvalue weighted by Gasteiger charge is -2.10. The van der Waals surface area contributed by atoms with E-state index in [1.165, 1.54) is 24.5 Å². The van der Waals surface area contributed by atoms with Crippen LogP contribution < -0.4 is 20.6 Å². The lowest BCUT2D eigenvalue weighted by atomic mass is 10.1. The van der Waals surface area contributed by atoms with Crippen molar-refractivity contribution in [1.29, 1.82) is 0 Å². The SMILES string of the molecule is C/C(=N/NC(=O)c1ccncc1NS(=O)(=O)c1cccs1)c1cccc(OCC(N)=O)c1. The number of sulfonamides is 1. The van der Waals surface area contributed by atoms with Gasteiger partial charge in [-0.25, -0.2) is 13.8 Å². The van der Waals surface area contributed by atoms with Crippen molar-refractivity contribution in [3.63, 3.8) is 0 Å². The van der Waals surface area contributed by atoms with Crippen LogP contribution in [0.2, 0.25) is 0 Å². The van der Waals surface area contributed by atoms with E-state index in [2.05, 4.69) is 20.2 Å². The molecule has 166 valence electrons. The van der Waals surface area contributed by atoms with E-state index in [4.69, 9.17) is 10.5 Å². The quantitative estimate of drug-likeness (QED) is 0.319. The van der Waals surface area contributed by atoms with E-state index in [1.807, 2.05) is 0 Å². The van der Waals surface area contributed by atoms with Crippen LogP contribution >= 0.6 is 11.3 Å². The van der Waals surface area contributed by atoms with Gasteiger partial charge in [-0.05, 0) is 36.6 Å². The van der Waals surface area contributed by atoms with Gasteiger partial charge in [0.15, 0.2) is 6.61 Å². The van der Waals surface area contributed by atoms with Crippen molar-refractivity contribution in [2.45, 2.75) is 11.1 Å². The van der Waals surface area contributed by atoms with Crippen molar-refractivity contribution in [1.82, 2.24) is 10.4 Å². The molecule has 4 N–H and O–H groups in total. The molecule has 0 radical (unpaired) electrons. The summed E-state index contributed by atoms with van der Waals surface area (Å²) in [6.45, 7) is 1.41. The summed E-state index contributed by atoms with van der Waals surface area (Å²) in [5.41, 5.74) is 8.64. The maximum absolute atomic E-state index is 12.7. The predicted octanol–water partition coefficient (Wildman–Crippen LogP) is 1.96. The summed E-state index contributed by atoms with van der Waals surface area (Å²) >= 11 is 1.05. The minimum absolute atomic E-state index is 0.0214. The number of hydrazone groups is 1. The Morgan fingerprint density at radius 3 is 2.75 bits per heavy atom. The Bertz CT molecular complexity index is 1260. The summed E-state index contributed by atoms with van der Waals surface area (Å²) in [6.07, 6.45) is 2.62. The van der Waals surface area contributed by atoms with E-state index < -0.39 is 21.8 Å². The highest BCUT2D eigenvalue weighted by atomic mass is 32.2. The molecule has 0 aliphatic rings. The zero-order valence-corrected chi connectivity index (χ0v) is 18.4. The summed E-state index contributed by atoms with van der Waals surface area (Å²) in [5, 5.41) is 5.70. The van der Waals surface area contributed by atoms with Crippen LogP contribution in [0.1, 0.15) is 22.8 Å². The van der Waals surface area contributed by atoms with Crippen molar-refractivity contribution in [3.8, 4) is 5.75 Å². The first-order valence-corrected chi connectivity index (χ1v) is 11.5. The van der Waals surface area contributed by atoms with Gasteiger partial charge in [-0.1, -0.05) is 18.2 Å². The van der Waals surface area contributed by atoms with Crippen molar-refractivity contribution >= 4 is 44.6 Å². The second-order valence-electron chi connectivity index (χ2n) is 6.38. The molecular formula is C20H19N5O5S2. The number of nitrogens with one attached hydrogen (secondary N) is 2. The maximum Gasteiger partial charge on any atom is 0.273 e. The Kier molecular flexibility index (Phi) is 7.18. The van der Waals surface area contributed by atoms with Crippen LogP contribution in [0, 0.1) is 0 Å². The van der Waals surface area contributed by atoms with E-state index in [9.17, 15) is 18.0 Å². The normalized spacial score (nSPS) is 11.6. The Hall–Kier alpha value is -3.77. The minimum Gasteiger partial charge on any atom is -0.484 e. The fourth-order valence-electron chi connectivity index (χ4n) is 2.51. The molecule has 0 spiro atoms. The Morgan fingerprint density at radius 2 is 2.03 bits per heavy atom. The summed E-state index contributed by atoms with van der Waals surface area (Å²) in [6, 6.07) is 11.2. The summed E-state index contributed by atoms with van der Waals surface area (Å²) in [5.74, 6) is -0.811. The second kappa shape index (κ2) is 10.0. The minimum atomic E-state index is -3.85. The number of pyridine rings is 1. The fraction of sp³-hybridized carbons (Fsp3) is 0.100. The van der Waals surface area contributed by atoms with Gasteiger partial charge in [0.25, 0.3) is 21.8 Å². The van der Waals surface area contributed by atoms with Crippen LogP contribution in [0.3, 0.4) is 0 Å². The van der Waals surface area contributed by atoms with Gasteiger partial charge in [0.05, 0.1) is 23.2 Å². The van der Waals surface area contributed by atoms with Crippen LogP contribution in [-0.4, -0.2) is 37.5 Å². The Balaban J connectivity index is 1.75. The van der Waals surface area contributed by atoms with Crippen molar-refractivity contribution in [2.24, 2.45) is 10.8 Å². The number of carbonyl (C=O) groups excluding carboxylic acids is 2. The number of ether oxygens (including phenoxy) is 1. The molecule has 0 bridgehead atoms. The van der Waals surface area contributed by atoms with Gasteiger partial charge in [0.1, 0.15) is 9.96 Å². The highest BCUT2D eigenvalue weighted by Gasteiger charge is 2.19. The predicted molar refractivity (Wildman–Crippen MR) is 120 cm³/mol. The van der Waals surface area contributed by atoms with Crippen LogP contribution in [0.25, 0.3) is 0 Å². The zero-order valence-electron chi connectivity index (χ0n) is 16.8. The number of nitrogens with zero attached hydrogens (tertiary/aromatic N) is 2. The summed E-state index contributed by atoms with van der Waals surface area (Å²) in [7, 11) is -3.85. The second-order valence-corrected chi connectivity index (χ2v) is 9.24. The van der Waals surface area contributed by atoms with E-state index in [0.717, 1.165) is 11.3 Å². The third-order valence-corrected chi connectivity index (χ3v) is 6.79. The first-order chi connectivity index (χ1) is 15.3. The lowest BCUT2D eigenvalue weighted by molar-refractivity contribution is -0.119. The number of anilines is 1. The average molecular weight is 474 g/mol. The average Bonchev–Trinajstić information content (AvgIpc) is 3.32. The van der Waals surface area contributed by atoms with Crippen molar-refractivity contribution in [3.05, 3.63) is 71.4 Å². The fourth-order valence-corrected chi connectivity index (χ4v) is 4.57. The van der Waals surface area contributed by atoms with E-state index in [-0.39, 0.29) is 22.1 Å². The van der Waals surface area contributed by atoms with Gasteiger partial charge in [-0.3, -0.25) is 19.3 Å². The van der Waals surface area contributed by atoms with E-state index in [0.29, 0.717) is 17.0 Å².